The summed E-state index contributed by atoms with van der Waals surface area (Å²) in [5, 5.41) is 19.8. The third-order valence-electron chi connectivity index (χ3n) is 4.70. The summed E-state index contributed by atoms with van der Waals surface area (Å²) in [6.45, 7) is 8.39. The van der Waals surface area contributed by atoms with Crippen molar-refractivity contribution < 1.29 is 10.2 Å². The maximum absolute atomic E-state index is 10.9. The fourth-order valence-corrected chi connectivity index (χ4v) is 3.24. The molecule has 3 atom stereocenters. The van der Waals surface area contributed by atoms with E-state index in [2.05, 4.69) is 20.4 Å². The minimum Gasteiger partial charge on any atom is -0.396 e. The summed E-state index contributed by atoms with van der Waals surface area (Å²) in [7, 11) is 0. The van der Waals surface area contributed by atoms with Gasteiger partial charge in [0.15, 0.2) is 0 Å². The fraction of sp³-hybridized carbons (Fsp3) is 0.857. The lowest BCUT2D eigenvalue weighted by Crippen LogP contribution is -2.52. The predicted octanol–water partition coefficient (Wildman–Crippen LogP) is 2.89. The summed E-state index contributed by atoms with van der Waals surface area (Å²) in [4.78, 5) is 0. The highest BCUT2D eigenvalue weighted by Crippen LogP contribution is 2.52. The molecule has 1 saturated carbocycles. The van der Waals surface area contributed by atoms with Gasteiger partial charge in [-0.2, -0.15) is 0 Å². The first kappa shape index (κ1) is 13.7. The number of rotatable bonds is 5. The highest BCUT2D eigenvalue weighted by atomic mass is 16.3. The fourth-order valence-electron chi connectivity index (χ4n) is 3.24. The first-order chi connectivity index (χ1) is 7.50. The number of allylic oxidation sites excluding steroid dienone is 1. The lowest BCUT2D eigenvalue weighted by Gasteiger charge is -2.52. The summed E-state index contributed by atoms with van der Waals surface area (Å²) in [5.74, 6) is 0.517. The minimum absolute atomic E-state index is 0.0812. The summed E-state index contributed by atoms with van der Waals surface area (Å²) < 4.78 is 0. The maximum Gasteiger partial charge on any atom is 0.0707 e. The molecule has 0 aliphatic heterocycles. The van der Waals surface area contributed by atoms with Crippen LogP contribution in [-0.2, 0) is 0 Å². The molecule has 2 heteroatoms. The molecule has 0 radical (unpaired) electrons. The van der Waals surface area contributed by atoms with Gasteiger partial charge in [-0.3, -0.25) is 0 Å². The Kier molecular flexibility index (Phi) is 4.57. The van der Waals surface area contributed by atoms with Crippen LogP contribution in [0.25, 0.3) is 0 Å². The van der Waals surface area contributed by atoms with E-state index in [-0.39, 0.29) is 12.0 Å². The van der Waals surface area contributed by atoms with Crippen LogP contribution in [0, 0.1) is 11.3 Å². The number of aliphatic hydroxyl groups excluding tert-OH is 1. The quantitative estimate of drug-likeness (QED) is 0.708. The zero-order valence-electron chi connectivity index (χ0n) is 10.7. The van der Waals surface area contributed by atoms with Gasteiger partial charge < -0.3 is 10.2 Å². The van der Waals surface area contributed by atoms with E-state index in [4.69, 9.17) is 5.11 Å². The van der Waals surface area contributed by atoms with Crippen LogP contribution in [0.1, 0.15) is 52.4 Å². The third-order valence-corrected chi connectivity index (χ3v) is 4.70. The molecular weight excluding hydrogens is 200 g/mol. The summed E-state index contributed by atoms with van der Waals surface area (Å²) in [6, 6.07) is 0. The first-order valence-corrected chi connectivity index (χ1v) is 6.44. The second-order valence-electron chi connectivity index (χ2n) is 5.56. The van der Waals surface area contributed by atoms with Crippen LogP contribution < -0.4 is 0 Å². The molecule has 0 aromatic heterocycles. The van der Waals surface area contributed by atoms with Gasteiger partial charge >= 0.3 is 0 Å². The van der Waals surface area contributed by atoms with Crippen molar-refractivity contribution in [2.45, 2.75) is 58.0 Å². The van der Waals surface area contributed by atoms with Gasteiger partial charge in [0.25, 0.3) is 0 Å². The molecule has 2 N–H and O–H groups in total. The molecular formula is C14H26O2. The van der Waals surface area contributed by atoms with Crippen molar-refractivity contribution in [1.82, 2.24) is 0 Å². The van der Waals surface area contributed by atoms with Gasteiger partial charge in [-0.15, -0.1) is 6.58 Å². The van der Waals surface area contributed by atoms with Gasteiger partial charge in [0.05, 0.1) is 5.60 Å². The highest BCUT2D eigenvalue weighted by Gasteiger charge is 2.50. The molecule has 1 aliphatic carbocycles. The molecule has 0 aromatic rings. The van der Waals surface area contributed by atoms with Crippen molar-refractivity contribution in [3.05, 3.63) is 12.7 Å². The van der Waals surface area contributed by atoms with Crippen LogP contribution in [0.4, 0.5) is 0 Å². The monoisotopic (exact) mass is 226 g/mol. The molecule has 0 spiro atoms. The van der Waals surface area contributed by atoms with E-state index in [9.17, 15) is 5.11 Å². The molecule has 0 bridgehead atoms. The van der Waals surface area contributed by atoms with E-state index in [1.54, 1.807) is 0 Å². The van der Waals surface area contributed by atoms with Crippen molar-refractivity contribution in [2.75, 3.05) is 6.61 Å². The van der Waals surface area contributed by atoms with Crippen molar-refractivity contribution >= 4 is 0 Å². The Hall–Kier alpha value is -0.340. The lowest BCUT2D eigenvalue weighted by atomic mass is 9.56. The molecule has 0 aromatic carbocycles. The van der Waals surface area contributed by atoms with E-state index in [1.807, 2.05) is 6.08 Å². The first-order valence-electron chi connectivity index (χ1n) is 6.44. The van der Waals surface area contributed by atoms with E-state index >= 15 is 0 Å². The second kappa shape index (κ2) is 5.33. The molecule has 2 nitrogen and oxygen atoms in total. The standard InChI is InChI=1S/C14H26O2/c1-4-8-13(3)12(2)7-5-9-14(13,16)10-6-11-15/h4,12,15-16H,1,5-11H2,2-3H3/t12-,13+,14+/m0/s1. The highest BCUT2D eigenvalue weighted by molar-refractivity contribution is 5.04. The van der Waals surface area contributed by atoms with Gasteiger partial charge in [-0.1, -0.05) is 26.3 Å². The zero-order valence-corrected chi connectivity index (χ0v) is 10.7. The van der Waals surface area contributed by atoms with Gasteiger partial charge in [-0.25, -0.2) is 0 Å². The molecule has 0 saturated heterocycles. The largest absolute Gasteiger partial charge is 0.396 e. The Morgan fingerprint density at radius 1 is 1.50 bits per heavy atom. The molecule has 1 rings (SSSR count). The molecule has 1 aliphatic rings. The molecule has 0 amide bonds. The second-order valence-corrected chi connectivity index (χ2v) is 5.56. The van der Waals surface area contributed by atoms with Crippen LogP contribution in [0.3, 0.4) is 0 Å². The average molecular weight is 226 g/mol. The molecule has 16 heavy (non-hydrogen) atoms. The van der Waals surface area contributed by atoms with Gasteiger partial charge in [0.2, 0.25) is 0 Å². The van der Waals surface area contributed by atoms with Crippen LogP contribution in [0.5, 0.6) is 0 Å². The van der Waals surface area contributed by atoms with Gasteiger partial charge in [-0.05, 0) is 38.0 Å². The van der Waals surface area contributed by atoms with Crippen molar-refractivity contribution in [1.29, 1.82) is 0 Å². The molecule has 0 unspecified atom stereocenters. The zero-order chi connectivity index (χ0) is 12.2. The summed E-state index contributed by atoms with van der Waals surface area (Å²) in [5.41, 5.74) is -0.705. The van der Waals surface area contributed by atoms with E-state index in [0.29, 0.717) is 18.8 Å². The maximum atomic E-state index is 10.9. The predicted molar refractivity (Wildman–Crippen MR) is 67.2 cm³/mol. The van der Waals surface area contributed by atoms with Crippen LogP contribution in [0.15, 0.2) is 12.7 Å². The molecule has 94 valence electrons. The Balaban J connectivity index is 2.88. The molecule has 1 fully saturated rings. The number of aliphatic hydroxyl groups is 2. The Morgan fingerprint density at radius 2 is 2.19 bits per heavy atom. The van der Waals surface area contributed by atoms with Gasteiger partial charge in [0, 0.05) is 12.0 Å². The van der Waals surface area contributed by atoms with Crippen molar-refractivity contribution in [3.8, 4) is 0 Å². The van der Waals surface area contributed by atoms with Crippen molar-refractivity contribution in [2.24, 2.45) is 11.3 Å². The summed E-state index contributed by atoms with van der Waals surface area (Å²) >= 11 is 0. The van der Waals surface area contributed by atoms with Crippen LogP contribution in [0.2, 0.25) is 0 Å². The Morgan fingerprint density at radius 3 is 2.75 bits per heavy atom. The topological polar surface area (TPSA) is 40.5 Å². The van der Waals surface area contributed by atoms with E-state index < -0.39 is 5.60 Å². The van der Waals surface area contributed by atoms with Gasteiger partial charge in [0.1, 0.15) is 0 Å². The SMILES string of the molecule is C=CC[C@]1(C)[C@@H](C)CCC[C@@]1(O)CCCO. The average Bonchev–Trinajstić information content (AvgIpc) is 2.24. The van der Waals surface area contributed by atoms with E-state index in [1.165, 1.54) is 6.42 Å². The van der Waals surface area contributed by atoms with Crippen LogP contribution >= 0.6 is 0 Å². The normalized spacial score (nSPS) is 39.6. The molecule has 0 heterocycles. The number of hydrogen-bond acceptors (Lipinski definition) is 2. The minimum atomic E-state index is -0.623. The van der Waals surface area contributed by atoms with Crippen LogP contribution in [-0.4, -0.2) is 22.4 Å². The van der Waals surface area contributed by atoms with E-state index in [0.717, 1.165) is 19.3 Å². The smallest absolute Gasteiger partial charge is 0.0707 e. The Bertz CT molecular complexity index is 239. The number of hydrogen-bond donors (Lipinski definition) is 2. The Labute approximate surface area is 99.4 Å². The lowest BCUT2D eigenvalue weighted by molar-refractivity contribution is -0.138. The summed E-state index contributed by atoms with van der Waals surface area (Å²) in [6.07, 6.45) is 7.32. The van der Waals surface area contributed by atoms with Crippen molar-refractivity contribution in [3.63, 3.8) is 0 Å². The third kappa shape index (κ3) is 2.33.